The number of rotatable bonds is 64. The van der Waals surface area contributed by atoms with Crippen LogP contribution < -0.4 is 5.32 Å². The molecule has 0 spiro atoms. The van der Waals surface area contributed by atoms with Gasteiger partial charge in [0.2, 0.25) is 5.91 Å². The van der Waals surface area contributed by atoms with Crippen molar-refractivity contribution in [1.29, 1.82) is 0 Å². The summed E-state index contributed by atoms with van der Waals surface area (Å²) >= 11 is 0. The Morgan fingerprint density at radius 3 is 1.04 bits per heavy atom. The number of allylic oxidation sites excluding steroid dienone is 17. The van der Waals surface area contributed by atoms with Crippen molar-refractivity contribution in [3.63, 3.8) is 0 Å². The number of hydrogen-bond acceptors (Lipinski definition) is 18. The van der Waals surface area contributed by atoms with E-state index in [0.717, 1.165) is 103 Å². The SMILES string of the molecule is CC/C=C\C/C=C\C/C=C\C/C=C\C/C=C\C/C=C\C/C=C\C/C=C\CCCCCCCCCCCCCCCCC(=O)NC(COC1OC(CO)C(OC2OC(CO)C(OC3OC(CO)C(O)C(O)C3O)C(O)C2O)C(O)C1O)C(O)/C=C/CCCCCCCCCCCCCCCCCCCC. The quantitative estimate of drug-likeness (QED) is 0.0199. The van der Waals surface area contributed by atoms with E-state index in [4.69, 9.17) is 28.4 Å². The predicted molar refractivity (Wildman–Crippen MR) is 415 cm³/mol. The molecule has 0 aromatic carbocycles. The molecule has 0 bridgehead atoms. The maximum Gasteiger partial charge on any atom is 0.220 e. The van der Waals surface area contributed by atoms with Gasteiger partial charge in [0.1, 0.15) is 73.2 Å². The molecule has 19 nitrogen and oxygen atoms in total. The van der Waals surface area contributed by atoms with Crippen LogP contribution in [-0.2, 0) is 33.2 Å². The lowest BCUT2D eigenvalue weighted by Crippen LogP contribution is -2.66. The number of hydrogen-bond donors (Lipinski definition) is 12. The van der Waals surface area contributed by atoms with Crippen LogP contribution >= 0.6 is 0 Å². The Balaban J connectivity index is 1.34. The van der Waals surface area contributed by atoms with Gasteiger partial charge in [-0.25, -0.2) is 0 Å². The Morgan fingerprint density at radius 2 is 0.663 bits per heavy atom. The maximum absolute atomic E-state index is 13.5. The number of carbonyl (C=O) groups is 1. The second-order valence-corrected chi connectivity index (χ2v) is 28.9. The van der Waals surface area contributed by atoms with E-state index in [1.54, 1.807) is 6.08 Å². The monoisotopic (exact) mass is 1470 g/mol. The van der Waals surface area contributed by atoms with Gasteiger partial charge in [-0.1, -0.05) is 309 Å². The van der Waals surface area contributed by atoms with Crippen molar-refractivity contribution in [2.24, 2.45) is 0 Å². The van der Waals surface area contributed by atoms with Gasteiger partial charge in [0.05, 0.1) is 38.6 Å². The molecule has 19 heteroatoms. The van der Waals surface area contributed by atoms with E-state index in [9.17, 15) is 61.0 Å². The van der Waals surface area contributed by atoms with Crippen LogP contribution in [0.1, 0.15) is 290 Å². The third-order valence-electron chi connectivity index (χ3n) is 19.8. The van der Waals surface area contributed by atoms with Crippen molar-refractivity contribution >= 4 is 5.91 Å². The number of unbranched alkanes of at least 4 members (excludes halogenated alkanes) is 32. The van der Waals surface area contributed by atoms with Crippen LogP contribution in [0.5, 0.6) is 0 Å². The molecule has 1 amide bonds. The molecule has 0 aliphatic carbocycles. The van der Waals surface area contributed by atoms with Crippen LogP contribution in [0.4, 0.5) is 0 Å². The standard InChI is InChI=1S/C85H147NO18/c1-3-5-7-9-11-13-15-17-19-21-23-25-26-27-28-29-30-31-32-33-34-35-36-37-38-39-40-41-42-43-45-47-49-51-53-55-57-59-61-63-73(91)86-68(69(90)62-60-58-56-54-52-50-48-46-44-24-22-20-18-16-14-12-10-8-6-4-2)67-99-83-79(97)76(94)81(71(65-88)101-83)104-85-80(98)77(95)82(72(66-89)102-85)103-84-78(96)75(93)74(92)70(64-87)100-84/h5,7,11,13,17,19,23,25,27-28,30-31,33-34,36-37,60,62,68-72,74-85,87-90,92-98H,3-4,6,8-10,12,14-16,18,20-22,24,26,29,32,35,38-59,61,63-67H2,1-2H3,(H,86,91)/b7-5-,13-11-,19-17-,25-23-,28-27-,31-30-,34-33-,37-36-,62-60+. The topological polar surface area (TPSA) is 307 Å². The molecule has 3 rings (SSSR count). The van der Waals surface area contributed by atoms with Gasteiger partial charge in [-0.2, -0.15) is 0 Å². The van der Waals surface area contributed by atoms with Crippen molar-refractivity contribution in [3.05, 3.63) is 109 Å². The highest BCUT2D eigenvalue weighted by Crippen LogP contribution is 2.33. The summed E-state index contributed by atoms with van der Waals surface area (Å²) in [7, 11) is 0. The Labute approximate surface area is 627 Å². The summed E-state index contributed by atoms with van der Waals surface area (Å²) in [6.07, 6.45) is 62.1. The normalized spacial score (nSPS) is 26.5. The highest BCUT2D eigenvalue weighted by molar-refractivity contribution is 5.76. The fourth-order valence-electron chi connectivity index (χ4n) is 13.3. The average Bonchev–Trinajstić information content (AvgIpc) is 0.783. The Bertz CT molecular complexity index is 2300. The summed E-state index contributed by atoms with van der Waals surface area (Å²) in [4.78, 5) is 13.5. The molecule has 17 unspecified atom stereocenters. The lowest BCUT2D eigenvalue weighted by Gasteiger charge is -2.48. The molecule has 0 saturated carbocycles. The van der Waals surface area contributed by atoms with E-state index >= 15 is 0 Å². The van der Waals surface area contributed by atoms with Crippen LogP contribution in [0.25, 0.3) is 0 Å². The van der Waals surface area contributed by atoms with Crippen LogP contribution in [0.15, 0.2) is 109 Å². The Kier molecular flexibility index (Phi) is 58.5. The lowest BCUT2D eigenvalue weighted by molar-refractivity contribution is -0.379. The lowest BCUT2D eigenvalue weighted by atomic mass is 9.96. The van der Waals surface area contributed by atoms with Crippen LogP contribution in [0, 0.1) is 0 Å². The number of aliphatic hydroxyl groups is 11. The van der Waals surface area contributed by atoms with Crippen molar-refractivity contribution in [2.75, 3.05) is 26.4 Å². The Hall–Kier alpha value is -3.55. The summed E-state index contributed by atoms with van der Waals surface area (Å²) in [5.41, 5.74) is 0. The first-order valence-electron chi connectivity index (χ1n) is 41.1. The summed E-state index contributed by atoms with van der Waals surface area (Å²) in [5, 5.41) is 121. The smallest absolute Gasteiger partial charge is 0.220 e. The van der Waals surface area contributed by atoms with E-state index in [2.05, 4.69) is 116 Å². The van der Waals surface area contributed by atoms with Crippen molar-refractivity contribution in [2.45, 2.75) is 394 Å². The molecule has 0 aromatic heterocycles. The number of ether oxygens (including phenoxy) is 6. The predicted octanol–water partition coefficient (Wildman–Crippen LogP) is 14.1. The van der Waals surface area contributed by atoms with E-state index in [-0.39, 0.29) is 18.9 Å². The van der Waals surface area contributed by atoms with E-state index in [1.165, 1.54) is 161 Å². The van der Waals surface area contributed by atoms with Crippen molar-refractivity contribution < 1.29 is 89.4 Å². The van der Waals surface area contributed by atoms with Gasteiger partial charge in [-0.3, -0.25) is 4.79 Å². The van der Waals surface area contributed by atoms with Gasteiger partial charge in [0.15, 0.2) is 18.9 Å². The summed E-state index contributed by atoms with van der Waals surface area (Å²) < 4.78 is 34.5. The first-order valence-corrected chi connectivity index (χ1v) is 41.1. The zero-order valence-electron chi connectivity index (χ0n) is 64.2. The van der Waals surface area contributed by atoms with Gasteiger partial charge >= 0.3 is 0 Å². The Morgan fingerprint density at radius 1 is 0.356 bits per heavy atom. The molecule has 0 radical (unpaired) electrons. The summed E-state index contributed by atoms with van der Waals surface area (Å²) in [6, 6.07) is -0.980. The van der Waals surface area contributed by atoms with E-state index in [0.29, 0.717) is 6.42 Å². The van der Waals surface area contributed by atoms with E-state index < -0.39 is 124 Å². The molecule has 17 atom stereocenters. The highest BCUT2D eigenvalue weighted by Gasteiger charge is 2.54. The van der Waals surface area contributed by atoms with Crippen molar-refractivity contribution in [3.8, 4) is 0 Å². The maximum atomic E-state index is 13.5. The molecule has 3 aliphatic heterocycles. The minimum atomic E-state index is -1.98. The number of carbonyl (C=O) groups excluding carboxylic acids is 1. The zero-order valence-corrected chi connectivity index (χ0v) is 64.2. The fourth-order valence-corrected chi connectivity index (χ4v) is 13.3. The first-order chi connectivity index (χ1) is 50.8. The molecule has 3 fully saturated rings. The van der Waals surface area contributed by atoms with Gasteiger partial charge in [-0.15, -0.1) is 0 Å². The third-order valence-corrected chi connectivity index (χ3v) is 19.8. The molecule has 3 heterocycles. The van der Waals surface area contributed by atoms with Gasteiger partial charge in [0.25, 0.3) is 0 Å². The molecule has 0 aromatic rings. The molecular weight excluding hydrogens is 1320 g/mol. The average molecular weight is 1470 g/mol. The zero-order chi connectivity index (χ0) is 75.3. The highest BCUT2D eigenvalue weighted by atomic mass is 16.8. The molecule has 600 valence electrons. The molecule has 12 N–H and O–H groups in total. The minimum absolute atomic E-state index is 0.238. The third kappa shape index (κ3) is 43.6. The van der Waals surface area contributed by atoms with Crippen LogP contribution in [0.3, 0.4) is 0 Å². The van der Waals surface area contributed by atoms with Gasteiger partial charge in [0, 0.05) is 6.42 Å². The summed E-state index contributed by atoms with van der Waals surface area (Å²) in [6.45, 7) is 1.64. The fraction of sp³-hybridized carbons (Fsp3) is 0.776. The number of aliphatic hydroxyl groups excluding tert-OH is 11. The van der Waals surface area contributed by atoms with Gasteiger partial charge in [-0.05, 0) is 83.5 Å². The minimum Gasteiger partial charge on any atom is -0.394 e. The van der Waals surface area contributed by atoms with Crippen LogP contribution in [0.2, 0.25) is 0 Å². The van der Waals surface area contributed by atoms with E-state index in [1.807, 2.05) is 6.08 Å². The molecule has 104 heavy (non-hydrogen) atoms. The van der Waals surface area contributed by atoms with Gasteiger partial charge < -0.3 is 89.9 Å². The largest absolute Gasteiger partial charge is 0.394 e. The second kappa shape index (κ2) is 64.3. The van der Waals surface area contributed by atoms with Crippen LogP contribution in [-0.4, -0.2) is 193 Å². The first kappa shape index (κ1) is 94.7. The molecular formula is C85H147NO18. The van der Waals surface area contributed by atoms with Crippen molar-refractivity contribution in [1.82, 2.24) is 5.32 Å². The second-order valence-electron chi connectivity index (χ2n) is 28.9. The molecule has 3 saturated heterocycles. The molecule has 3 aliphatic rings. The summed E-state index contributed by atoms with van der Waals surface area (Å²) in [5.74, 6) is -0.277. The number of nitrogens with one attached hydrogen (secondary N) is 1. The number of amides is 1.